The molecule has 0 aliphatic heterocycles. The van der Waals surface area contributed by atoms with Crippen molar-refractivity contribution in [1.82, 2.24) is 0 Å². The minimum absolute atomic E-state index is 1.02. The molecule has 2 saturated carbocycles. The molecule has 0 heteroatoms. The Morgan fingerprint density at radius 3 is 0.786 bits per heavy atom. The summed E-state index contributed by atoms with van der Waals surface area (Å²) in [5.41, 5.74) is 0. The molecular formula is C14H28. The van der Waals surface area contributed by atoms with Crippen LogP contribution in [0.2, 0.25) is 0 Å². The zero-order valence-corrected chi connectivity index (χ0v) is 10.6. The van der Waals surface area contributed by atoms with Gasteiger partial charge in [-0.05, 0) is 36.5 Å². The Bertz CT molecular complexity index is 116. The molecule has 2 fully saturated rings. The lowest BCUT2D eigenvalue weighted by atomic mass is 10.1. The standard InChI is InChI=1S/2C7H14/c2*1-6-3-4-7(2)5-6/h2*6-7H,3-5H2,1-2H3. The van der Waals surface area contributed by atoms with E-state index in [9.17, 15) is 0 Å². The second kappa shape index (κ2) is 5.78. The fraction of sp³-hybridized carbons (Fsp3) is 1.00. The summed E-state index contributed by atoms with van der Waals surface area (Å²) in [6, 6.07) is 0. The normalized spacial score (nSPS) is 42.0. The van der Waals surface area contributed by atoms with Gasteiger partial charge in [0.05, 0.1) is 0 Å². The molecule has 0 N–H and O–H groups in total. The van der Waals surface area contributed by atoms with Crippen LogP contribution in [0.3, 0.4) is 0 Å². The third-order valence-electron chi connectivity index (χ3n) is 3.91. The monoisotopic (exact) mass is 196 g/mol. The van der Waals surface area contributed by atoms with E-state index in [2.05, 4.69) is 27.7 Å². The molecule has 0 spiro atoms. The molecule has 0 radical (unpaired) electrons. The summed E-state index contributed by atoms with van der Waals surface area (Å²) in [5.74, 6) is 4.09. The van der Waals surface area contributed by atoms with Crippen molar-refractivity contribution < 1.29 is 0 Å². The Morgan fingerprint density at radius 1 is 0.500 bits per heavy atom. The summed E-state index contributed by atoms with van der Waals surface area (Å²) < 4.78 is 0. The number of rotatable bonds is 0. The van der Waals surface area contributed by atoms with Crippen molar-refractivity contribution in [3.8, 4) is 0 Å². The van der Waals surface area contributed by atoms with Crippen LogP contribution in [0.5, 0.6) is 0 Å². The fourth-order valence-corrected chi connectivity index (χ4v) is 2.98. The van der Waals surface area contributed by atoms with Gasteiger partial charge < -0.3 is 0 Å². The highest BCUT2D eigenvalue weighted by Gasteiger charge is 2.16. The van der Waals surface area contributed by atoms with E-state index in [0.717, 1.165) is 23.7 Å². The molecule has 0 nitrogen and oxygen atoms in total. The molecule has 0 aromatic heterocycles. The van der Waals surface area contributed by atoms with Gasteiger partial charge in [0.1, 0.15) is 0 Å². The molecule has 4 atom stereocenters. The molecule has 0 saturated heterocycles. The van der Waals surface area contributed by atoms with Crippen LogP contribution in [-0.4, -0.2) is 0 Å². The van der Waals surface area contributed by atoms with Gasteiger partial charge in [0.15, 0.2) is 0 Å². The minimum Gasteiger partial charge on any atom is -0.0625 e. The predicted octanol–water partition coefficient (Wildman–Crippen LogP) is 4.89. The molecule has 0 heterocycles. The Hall–Kier alpha value is 0. The fourth-order valence-electron chi connectivity index (χ4n) is 2.98. The second-order valence-corrected chi connectivity index (χ2v) is 6.05. The van der Waals surface area contributed by atoms with Gasteiger partial charge in [-0.25, -0.2) is 0 Å². The largest absolute Gasteiger partial charge is 0.0625 e. The van der Waals surface area contributed by atoms with Crippen LogP contribution in [0.1, 0.15) is 66.2 Å². The van der Waals surface area contributed by atoms with E-state index in [1.54, 1.807) is 0 Å². The van der Waals surface area contributed by atoms with Crippen molar-refractivity contribution in [2.45, 2.75) is 66.2 Å². The average Bonchev–Trinajstić information content (AvgIpc) is 2.63. The highest BCUT2D eigenvalue weighted by molar-refractivity contribution is 4.68. The highest BCUT2D eigenvalue weighted by Crippen LogP contribution is 2.29. The number of hydrogen-bond acceptors (Lipinski definition) is 0. The molecule has 0 amide bonds. The molecule has 0 aromatic carbocycles. The van der Waals surface area contributed by atoms with Crippen LogP contribution in [-0.2, 0) is 0 Å². The van der Waals surface area contributed by atoms with Gasteiger partial charge in [-0.3, -0.25) is 0 Å². The van der Waals surface area contributed by atoms with E-state index in [1.165, 1.54) is 38.5 Å². The first-order valence-electron chi connectivity index (χ1n) is 6.58. The molecule has 0 bridgehead atoms. The van der Waals surface area contributed by atoms with Gasteiger partial charge in [-0.2, -0.15) is 0 Å². The van der Waals surface area contributed by atoms with Crippen LogP contribution >= 0.6 is 0 Å². The first kappa shape index (κ1) is 12.1. The molecule has 2 aliphatic rings. The van der Waals surface area contributed by atoms with Crippen molar-refractivity contribution in [2.24, 2.45) is 23.7 Å². The van der Waals surface area contributed by atoms with Crippen LogP contribution in [0.25, 0.3) is 0 Å². The van der Waals surface area contributed by atoms with Crippen LogP contribution < -0.4 is 0 Å². The zero-order chi connectivity index (χ0) is 10.6. The second-order valence-electron chi connectivity index (χ2n) is 6.05. The average molecular weight is 196 g/mol. The summed E-state index contributed by atoms with van der Waals surface area (Å²) >= 11 is 0. The Kier molecular flexibility index (Phi) is 4.98. The molecule has 2 rings (SSSR count). The predicted molar refractivity (Wildman–Crippen MR) is 64.4 cm³/mol. The van der Waals surface area contributed by atoms with Crippen molar-refractivity contribution in [3.05, 3.63) is 0 Å². The van der Waals surface area contributed by atoms with E-state index >= 15 is 0 Å². The lowest BCUT2D eigenvalue weighted by molar-refractivity contribution is 0.555. The maximum atomic E-state index is 2.35. The van der Waals surface area contributed by atoms with E-state index in [-0.39, 0.29) is 0 Å². The van der Waals surface area contributed by atoms with E-state index in [4.69, 9.17) is 0 Å². The van der Waals surface area contributed by atoms with Crippen molar-refractivity contribution in [3.63, 3.8) is 0 Å². The van der Waals surface area contributed by atoms with E-state index < -0.39 is 0 Å². The molecule has 0 aromatic rings. The van der Waals surface area contributed by atoms with Gasteiger partial charge >= 0.3 is 0 Å². The van der Waals surface area contributed by atoms with Gasteiger partial charge in [-0.1, -0.05) is 53.4 Å². The van der Waals surface area contributed by atoms with E-state index in [1.807, 2.05) is 0 Å². The summed E-state index contributed by atoms with van der Waals surface area (Å²) in [7, 11) is 0. The summed E-state index contributed by atoms with van der Waals surface area (Å²) in [6.45, 7) is 9.40. The highest BCUT2D eigenvalue weighted by atomic mass is 14.2. The van der Waals surface area contributed by atoms with Gasteiger partial charge in [0.25, 0.3) is 0 Å². The Morgan fingerprint density at radius 2 is 0.714 bits per heavy atom. The third kappa shape index (κ3) is 4.48. The van der Waals surface area contributed by atoms with Gasteiger partial charge in [-0.15, -0.1) is 0 Å². The van der Waals surface area contributed by atoms with E-state index in [0.29, 0.717) is 0 Å². The SMILES string of the molecule is CC1CCC(C)C1.CC1CCC(C)C1. The van der Waals surface area contributed by atoms with Crippen molar-refractivity contribution >= 4 is 0 Å². The molecule has 14 heavy (non-hydrogen) atoms. The molecule has 4 unspecified atom stereocenters. The lowest BCUT2D eigenvalue weighted by Crippen LogP contribution is -1.84. The first-order valence-corrected chi connectivity index (χ1v) is 6.58. The maximum Gasteiger partial charge on any atom is -0.0440 e. The molecule has 84 valence electrons. The smallest absolute Gasteiger partial charge is 0.0440 e. The quantitative estimate of drug-likeness (QED) is 0.518. The molecular weight excluding hydrogens is 168 g/mol. The summed E-state index contributed by atoms with van der Waals surface area (Å²) in [4.78, 5) is 0. The Labute approximate surface area is 90.5 Å². The van der Waals surface area contributed by atoms with Gasteiger partial charge in [0.2, 0.25) is 0 Å². The molecule has 2 aliphatic carbocycles. The van der Waals surface area contributed by atoms with Crippen LogP contribution in [0.4, 0.5) is 0 Å². The maximum absolute atomic E-state index is 2.35. The number of hydrogen-bond donors (Lipinski definition) is 0. The van der Waals surface area contributed by atoms with Crippen LogP contribution in [0.15, 0.2) is 0 Å². The topological polar surface area (TPSA) is 0 Å². The Balaban J connectivity index is 0.000000140. The van der Waals surface area contributed by atoms with Crippen molar-refractivity contribution in [2.75, 3.05) is 0 Å². The van der Waals surface area contributed by atoms with Crippen LogP contribution in [0, 0.1) is 23.7 Å². The lowest BCUT2D eigenvalue weighted by Gasteiger charge is -1.96. The first-order chi connectivity index (χ1) is 6.58. The zero-order valence-electron chi connectivity index (χ0n) is 10.6. The third-order valence-corrected chi connectivity index (χ3v) is 3.91. The van der Waals surface area contributed by atoms with Crippen molar-refractivity contribution in [1.29, 1.82) is 0 Å². The minimum atomic E-state index is 1.02. The summed E-state index contributed by atoms with van der Waals surface area (Å²) in [5, 5.41) is 0. The van der Waals surface area contributed by atoms with Gasteiger partial charge in [0, 0.05) is 0 Å². The summed E-state index contributed by atoms with van der Waals surface area (Å²) in [6.07, 6.45) is 8.84.